The molecule has 1 amide bonds. The van der Waals surface area contributed by atoms with Crippen LogP contribution in [0, 0.1) is 0 Å². The summed E-state index contributed by atoms with van der Waals surface area (Å²) in [6, 6.07) is 5.05. The zero-order chi connectivity index (χ0) is 16.9. The van der Waals surface area contributed by atoms with Crippen LogP contribution in [0.5, 0.6) is 11.5 Å². The number of benzene rings is 1. The highest BCUT2D eigenvalue weighted by Gasteiger charge is 2.31. The number of amides is 1. The molecule has 0 spiro atoms. The zero-order valence-corrected chi connectivity index (χ0v) is 12.3. The molecule has 2 rings (SSSR count). The van der Waals surface area contributed by atoms with Crippen LogP contribution < -0.4 is 9.47 Å². The molecule has 1 aliphatic heterocycles. The van der Waals surface area contributed by atoms with E-state index in [1.54, 1.807) is 18.2 Å². The molecule has 0 saturated heterocycles. The van der Waals surface area contributed by atoms with Crippen LogP contribution in [0.3, 0.4) is 0 Å². The zero-order valence-electron chi connectivity index (χ0n) is 12.3. The summed E-state index contributed by atoms with van der Waals surface area (Å²) in [4.78, 5) is 12.6. The van der Waals surface area contributed by atoms with E-state index < -0.39 is 18.6 Å². The fourth-order valence-corrected chi connectivity index (χ4v) is 2.04. The van der Waals surface area contributed by atoms with E-state index in [-0.39, 0.29) is 6.54 Å². The first kappa shape index (κ1) is 16.9. The minimum absolute atomic E-state index is 0.177. The van der Waals surface area contributed by atoms with E-state index in [4.69, 9.17) is 9.47 Å². The second-order valence-corrected chi connectivity index (χ2v) is 4.86. The third kappa shape index (κ3) is 5.05. The van der Waals surface area contributed by atoms with Crippen molar-refractivity contribution < 1.29 is 27.4 Å². The minimum Gasteiger partial charge on any atom is -0.486 e. The molecule has 0 fully saturated rings. The summed E-state index contributed by atoms with van der Waals surface area (Å²) in [6.45, 7) is 2.77. The summed E-state index contributed by atoms with van der Waals surface area (Å²) in [6.07, 6.45) is -0.668. The topological polar surface area (TPSA) is 38.8 Å². The molecule has 0 aromatic heterocycles. The molecule has 0 radical (unpaired) electrons. The number of carbonyl (C=O) groups is 1. The number of nitrogens with zero attached hydrogens (tertiary/aromatic N) is 1. The highest BCUT2D eigenvalue weighted by molar-refractivity contribution is 5.92. The van der Waals surface area contributed by atoms with Crippen LogP contribution in [0.4, 0.5) is 13.2 Å². The van der Waals surface area contributed by atoms with Gasteiger partial charge >= 0.3 is 6.18 Å². The molecule has 0 bridgehead atoms. The molecule has 1 aliphatic rings. The lowest BCUT2D eigenvalue weighted by Gasteiger charge is -2.21. The van der Waals surface area contributed by atoms with Crippen molar-refractivity contribution in [1.82, 2.24) is 4.90 Å². The molecule has 0 N–H and O–H groups in total. The Morgan fingerprint density at radius 3 is 2.61 bits per heavy atom. The van der Waals surface area contributed by atoms with Crippen molar-refractivity contribution in [2.75, 3.05) is 26.3 Å². The first-order valence-corrected chi connectivity index (χ1v) is 6.93. The molecule has 23 heavy (non-hydrogen) atoms. The van der Waals surface area contributed by atoms with Gasteiger partial charge in [0.2, 0.25) is 5.91 Å². The molecular formula is C16H16F3NO3. The average Bonchev–Trinajstić information content (AvgIpc) is 2.50. The molecule has 1 aromatic carbocycles. The van der Waals surface area contributed by atoms with E-state index in [0.717, 1.165) is 6.08 Å². The van der Waals surface area contributed by atoms with Gasteiger partial charge in [-0.05, 0) is 23.8 Å². The van der Waals surface area contributed by atoms with Crippen molar-refractivity contribution in [3.63, 3.8) is 0 Å². The Kier molecular flexibility index (Phi) is 5.31. The predicted octanol–water partition coefficient (Wildman–Crippen LogP) is 3.05. The molecule has 4 nitrogen and oxygen atoms in total. The van der Waals surface area contributed by atoms with Crippen LogP contribution in [-0.4, -0.2) is 43.3 Å². The largest absolute Gasteiger partial charge is 0.486 e. The highest BCUT2D eigenvalue weighted by atomic mass is 19.4. The maximum absolute atomic E-state index is 12.5. The summed E-state index contributed by atoms with van der Waals surface area (Å²) in [5, 5.41) is 0. The number of halogens is 3. The lowest BCUT2D eigenvalue weighted by Crippen LogP contribution is -2.38. The molecule has 0 saturated carbocycles. The van der Waals surface area contributed by atoms with Gasteiger partial charge in [0.1, 0.15) is 19.8 Å². The first-order valence-electron chi connectivity index (χ1n) is 6.93. The van der Waals surface area contributed by atoms with E-state index in [2.05, 4.69) is 6.58 Å². The summed E-state index contributed by atoms with van der Waals surface area (Å²) in [5.74, 6) is 0.409. The van der Waals surface area contributed by atoms with Gasteiger partial charge in [-0.1, -0.05) is 12.1 Å². The molecule has 1 aromatic rings. The van der Waals surface area contributed by atoms with E-state index in [1.807, 2.05) is 0 Å². The Hall–Kier alpha value is -2.44. The van der Waals surface area contributed by atoms with Gasteiger partial charge in [0.05, 0.1) is 0 Å². The fraction of sp³-hybridized carbons (Fsp3) is 0.312. The Balaban J connectivity index is 2.08. The molecule has 0 aliphatic carbocycles. The second-order valence-electron chi connectivity index (χ2n) is 4.86. The first-order chi connectivity index (χ1) is 10.9. The standard InChI is InChI=1S/C16H16F3NO3/c1-2-7-20(11-16(17,18)19)15(21)6-4-12-3-5-13-14(10-12)23-9-8-22-13/h2-6,10H,1,7-9,11H2/b6-4+. The number of rotatable bonds is 5. The minimum atomic E-state index is -4.45. The van der Waals surface area contributed by atoms with Crippen molar-refractivity contribution in [3.05, 3.63) is 42.5 Å². The lowest BCUT2D eigenvalue weighted by molar-refractivity contribution is -0.157. The predicted molar refractivity (Wildman–Crippen MR) is 79.3 cm³/mol. The third-order valence-corrected chi connectivity index (χ3v) is 3.02. The van der Waals surface area contributed by atoms with Crippen LogP contribution >= 0.6 is 0 Å². The number of hydrogen-bond acceptors (Lipinski definition) is 3. The second kappa shape index (κ2) is 7.21. The number of carbonyl (C=O) groups excluding carboxylic acids is 1. The van der Waals surface area contributed by atoms with Gasteiger partial charge in [0, 0.05) is 12.6 Å². The summed E-state index contributed by atoms with van der Waals surface area (Å²) < 4.78 is 48.2. The Bertz CT molecular complexity index is 611. The van der Waals surface area contributed by atoms with Gasteiger partial charge in [-0.25, -0.2) is 0 Å². The van der Waals surface area contributed by atoms with E-state index in [0.29, 0.717) is 35.2 Å². The van der Waals surface area contributed by atoms with Crippen LogP contribution in [0.2, 0.25) is 0 Å². The van der Waals surface area contributed by atoms with Crippen molar-refractivity contribution in [3.8, 4) is 11.5 Å². The quantitative estimate of drug-likeness (QED) is 0.616. The smallest absolute Gasteiger partial charge is 0.406 e. The molecule has 1 heterocycles. The van der Waals surface area contributed by atoms with Gasteiger partial charge in [0.25, 0.3) is 0 Å². The fourth-order valence-electron chi connectivity index (χ4n) is 2.04. The number of alkyl halides is 3. The number of ether oxygens (including phenoxy) is 2. The Morgan fingerprint density at radius 2 is 1.96 bits per heavy atom. The lowest BCUT2D eigenvalue weighted by atomic mass is 10.1. The van der Waals surface area contributed by atoms with Gasteiger partial charge in [-0.15, -0.1) is 6.58 Å². The third-order valence-electron chi connectivity index (χ3n) is 3.02. The van der Waals surface area contributed by atoms with Crippen molar-refractivity contribution >= 4 is 12.0 Å². The summed E-state index contributed by atoms with van der Waals surface area (Å²) >= 11 is 0. The highest BCUT2D eigenvalue weighted by Crippen LogP contribution is 2.31. The van der Waals surface area contributed by atoms with Gasteiger partial charge in [0.15, 0.2) is 11.5 Å². The summed E-state index contributed by atoms with van der Waals surface area (Å²) in [5.41, 5.74) is 0.633. The Labute approximate surface area is 131 Å². The number of hydrogen-bond donors (Lipinski definition) is 0. The molecule has 124 valence electrons. The average molecular weight is 327 g/mol. The molecule has 7 heteroatoms. The summed E-state index contributed by atoms with van der Waals surface area (Å²) in [7, 11) is 0. The van der Waals surface area contributed by atoms with E-state index in [1.165, 1.54) is 12.2 Å². The van der Waals surface area contributed by atoms with E-state index >= 15 is 0 Å². The monoisotopic (exact) mass is 327 g/mol. The van der Waals surface area contributed by atoms with Crippen LogP contribution in [-0.2, 0) is 4.79 Å². The van der Waals surface area contributed by atoms with E-state index in [9.17, 15) is 18.0 Å². The van der Waals surface area contributed by atoms with Gasteiger partial charge in [-0.3, -0.25) is 4.79 Å². The van der Waals surface area contributed by atoms with Crippen molar-refractivity contribution in [1.29, 1.82) is 0 Å². The molecule has 0 unspecified atom stereocenters. The van der Waals surface area contributed by atoms with Crippen LogP contribution in [0.25, 0.3) is 6.08 Å². The van der Waals surface area contributed by atoms with Crippen LogP contribution in [0.15, 0.2) is 36.9 Å². The molecular weight excluding hydrogens is 311 g/mol. The SMILES string of the molecule is C=CCN(CC(F)(F)F)C(=O)/C=C/c1ccc2c(c1)OCCO2. The van der Waals surface area contributed by atoms with Crippen molar-refractivity contribution in [2.24, 2.45) is 0 Å². The maximum atomic E-state index is 12.5. The van der Waals surface area contributed by atoms with Gasteiger partial charge < -0.3 is 14.4 Å². The van der Waals surface area contributed by atoms with Crippen molar-refractivity contribution in [2.45, 2.75) is 6.18 Å². The van der Waals surface area contributed by atoms with Crippen LogP contribution in [0.1, 0.15) is 5.56 Å². The normalized spacial score (nSPS) is 13.9. The maximum Gasteiger partial charge on any atom is 0.406 e. The van der Waals surface area contributed by atoms with Gasteiger partial charge in [-0.2, -0.15) is 13.2 Å². The molecule has 0 atom stereocenters. The Morgan fingerprint density at radius 1 is 1.26 bits per heavy atom. The number of fused-ring (bicyclic) bond motifs is 1.